The Morgan fingerprint density at radius 1 is 1.32 bits per heavy atom. The average molecular weight is 343 g/mol. The Balaban J connectivity index is 1.65. The maximum absolute atomic E-state index is 11.8. The lowest BCUT2D eigenvalue weighted by Crippen LogP contribution is -2.31. The number of carbonyl (C=O) groups excluding carboxylic acids is 1. The molecule has 0 radical (unpaired) electrons. The minimum absolute atomic E-state index is 0.131. The second-order valence-electron chi connectivity index (χ2n) is 4.66. The Hall–Kier alpha value is -0.520. The summed E-state index contributed by atoms with van der Waals surface area (Å²) < 4.78 is 1.06. The molecule has 0 unspecified atom stereocenters. The quantitative estimate of drug-likeness (QED) is 0.863. The van der Waals surface area contributed by atoms with Gasteiger partial charge in [-0.25, -0.2) is 0 Å². The van der Waals surface area contributed by atoms with Crippen LogP contribution in [0.25, 0.3) is 0 Å². The summed E-state index contributed by atoms with van der Waals surface area (Å²) in [7, 11) is 0. The van der Waals surface area contributed by atoms with Crippen molar-refractivity contribution in [3.63, 3.8) is 0 Å². The SMILES string of the molecule is O=C(CSC1CCNCC1)NCc1ccc(Br)cc1. The molecule has 1 heterocycles. The zero-order valence-corrected chi connectivity index (χ0v) is 13.2. The van der Waals surface area contributed by atoms with Gasteiger partial charge in [-0.2, -0.15) is 0 Å². The first-order chi connectivity index (χ1) is 9.24. The van der Waals surface area contributed by atoms with Crippen LogP contribution in [-0.2, 0) is 11.3 Å². The molecular formula is C14H19BrN2OS. The number of rotatable bonds is 5. The first-order valence-electron chi connectivity index (χ1n) is 6.57. The Kier molecular flexibility index (Phi) is 6.20. The third kappa shape index (κ3) is 5.55. The molecule has 1 aromatic rings. The zero-order chi connectivity index (χ0) is 13.5. The number of nitrogens with one attached hydrogen (secondary N) is 2. The van der Waals surface area contributed by atoms with E-state index in [9.17, 15) is 4.79 Å². The van der Waals surface area contributed by atoms with Crippen molar-refractivity contribution in [1.29, 1.82) is 0 Å². The van der Waals surface area contributed by atoms with Crippen molar-refractivity contribution in [2.24, 2.45) is 0 Å². The van der Waals surface area contributed by atoms with Crippen LogP contribution in [0.15, 0.2) is 28.7 Å². The topological polar surface area (TPSA) is 41.1 Å². The van der Waals surface area contributed by atoms with E-state index in [0.29, 0.717) is 17.5 Å². The smallest absolute Gasteiger partial charge is 0.230 e. The lowest BCUT2D eigenvalue weighted by atomic mass is 10.2. The van der Waals surface area contributed by atoms with Crippen molar-refractivity contribution in [2.45, 2.75) is 24.6 Å². The highest BCUT2D eigenvalue weighted by molar-refractivity contribution is 9.10. The van der Waals surface area contributed by atoms with Gasteiger partial charge in [0.25, 0.3) is 0 Å². The highest BCUT2D eigenvalue weighted by Gasteiger charge is 2.14. The maximum Gasteiger partial charge on any atom is 0.230 e. The molecule has 0 spiro atoms. The van der Waals surface area contributed by atoms with Crippen LogP contribution in [0, 0.1) is 0 Å². The van der Waals surface area contributed by atoms with Gasteiger partial charge >= 0.3 is 0 Å². The van der Waals surface area contributed by atoms with Gasteiger partial charge in [0.2, 0.25) is 5.91 Å². The predicted molar refractivity (Wildman–Crippen MR) is 84.3 cm³/mol. The fourth-order valence-electron chi connectivity index (χ4n) is 2.01. The van der Waals surface area contributed by atoms with Gasteiger partial charge in [-0.05, 0) is 43.6 Å². The molecule has 19 heavy (non-hydrogen) atoms. The van der Waals surface area contributed by atoms with Crippen molar-refractivity contribution >= 4 is 33.6 Å². The highest BCUT2D eigenvalue weighted by atomic mass is 79.9. The highest BCUT2D eigenvalue weighted by Crippen LogP contribution is 2.19. The van der Waals surface area contributed by atoms with Gasteiger partial charge in [-0.15, -0.1) is 11.8 Å². The maximum atomic E-state index is 11.8. The van der Waals surface area contributed by atoms with Crippen LogP contribution in [0.3, 0.4) is 0 Å². The first-order valence-corrected chi connectivity index (χ1v) is 8.41. The summed E-state index contributed by atoms with van der Waals surface area (Å²) >= 11 is 5.18. The van der Waals surface area contributed by atoms with E-state index in [2.05, 4.69) is 26.6 Å². The number of piperidine rings is 1. The molecule has 0 aliphatic carbocycles. The summed E-state index contributed by atoms with van der Waals surface area (Å²) in [5.41, 5.74) is 1.13. The molecule has 0 bridgehead atoms. The van der Waals surface area contributed by atoms with Gasteiger partial charge in [0.15, 0.2) is 0 Å². The van der Waals surface area contributed by atoms with E-state index in [4.69, 9.17) is 0 Å². The average Bonchev–Trinajstić information content (AvgIpc) is 2.45. The standard InChI is InChI=1S/C14H19BrN2OS/c15-12-3-1-11(2-4-12)9-17-14(18)10-19-13-5-7-16-8-6-13/h1-4,13,16H,5-10H2,(H,17,18). The molecule has 2 N–H and O–H groups in total. The Bertz CT molecular complexity index is 404. The molecule has 0 saturated carbocycles. The van der Waals surface area contributed by atoms with E-state index >= 15 is 0 Å². The Morgan fingerprint density at radius 2 is 2.00 bits per heavy atom. The molecule has 1 amide bonds. The van der Waals surface area contributed by atoms with Crippen molar-refractivity contribution < 1.29 is 4.79 Å². The second kappa shape index (κ2) is 7.92. The minimum atomic E-state index is 0.131. The van der Waals surface area contributed by atoms with Crippen LogP contribution in [-0.4, -0.2) is 30.0 Å². The largest absolute Gasteiger partial charge is 0.351 e. The molecule has 2 rings (SSSR count). The number of carbonyl (C=O) groups is 1. The molecule has 1 aliphatic heterocycles. The minimum Gasteiger partial charge on any atom is -0.351 e. The van der Waals surface area contributed by atoms with Crippen LogP contribution in [0.4, 0.5) is 0 Å². The van der Waals surface area contributed by atoms with Crippen LogP contribution < -0.4 is 10.6 Å². The van der Waals surface area contributed by atoms with Gasteiger partial charge < -0.3 is 10.6 Å². The summed E-state index contributed by atoms with van der Waals surface area (Å²) in [6.45, 7) is 2.77. The molecule has 104 valence electrons. The first kappa shape index (κ1) is 14.9. The normalized spacial score (nSPS) is 16.3. The van der Waals surface area contributed by atoms with E-state index < -0.39 is 0 Å². The van der Waals surface area contributed by atoms with Crippen LogP contribution in [0.1, 0.15) is 18.4 Å². The molecule has 1 saturated heterocycles. The number of benzene rings is 1. The number of hydrogen-bond acceptors (Lipinski definition) is 3. The van der Waals surface area contributed by atoms with Crippen molar-refractivity contribution in [1.82, 2.24) is 10.6 Å². The number of thioether (sulfide) groups is 1. The van der Waals surface area contributed by atoms with E-state index in [-0.39, 0.29) is 5.91 Å². The summed E-state index contributed by atoms with van der Waals surface area (Å²) in [5.74, 6) is 0.702. The molecular weight excluding hydrogens is 324 g/mol. The number of halogens is 1. The molecule has 1 aromatic carbocycles. The van der Waals surface area contributed by atoms with Gasteiger partial charge in [0.1, 0.15) is 0 Å². The number of amides is 1. The lowest BCUT2D eigenvalue weighted by molar-refractivity contribution is -0.118. The second-order valence-corrected chi connectivity index (χ2v) is 6.87. The third-order valence-electron chi connectivity index (χ3n) is 3.14. The van der Waals surface area contributed by atoms with Gasteiger partial charge in [-0.3, -0.25) is 4.79 Å². The van der Waals surface area contributed by atoms with E-state index in [1.165, 1.54) is 12.8 Å². The van der Waals surface area contributed by atoms with Crippen molar-refractivity contribution in [3.05, 3.63) is 34.3 Å². The third-order valence-corrected chi connectivity index (χ3v) is 5.04. The van der Waals surface area contributed by atoms with Gasteiger partial charge in [0.05, 0.1) is 5.75 Å². The van der Waals surface area contributed by atoms with Crippen LogP contribution in [0.2, 0.25) is 0 Å². The number of hydrogen-bond donors (Lipinski definition) is 2. The Labute approximate surface area is 127 Å². The fraction of sp³-hybridized carbons (Fsp3) is 0.500. The van der Waals surface area contributed by atoms with Gasteiger partial charge in [0, 0.05) is 16.3 Å². The summed E-state index contributed by atoms with van der Waals surface area (Å²) in [6.07, 6.45) is 2.34. The Morgan fingerprint density at radius 3 is 2.68 bits per heavy atom. The summed E-state index contributed by atoms with van der Waals surface area (Å²) in [6, 6.07) is 8.02. The van der Waals surface area contributed by atoms with Crippen LogP contribution in [0.5, 0.6) is 0 Å². The monoisotopic (exact) mass is 342 g/mol. The zero-order valence-electron chi connectivity index (χ0n) is 10.8. The summed E-state index contributed by atoms with van der Waals surface area (Å²) in [4.78, 5) is 11.8. The van der Waals surface area contributed by atoms with Crippen molar-refractivity contribution in [3.8, 4) is 0 Å². The summed E-state index contributed by atoms with van der Waals surface area (Å²) in [5, 5.41) is 6.94. The lowest BCUT2D eigenvalue weighted by Gasteiger charge is -2.21. The van der Waals surface area contributed by atoms with Gasteiger partial charge in [-0.1, -0.05) is 28.1 Å². The van der Waals surface area contributed by atoms with E-state index in [1.54, 1.807) is 11.8 Å². The predicted octanol–water partition coefficient (Wildman–Crippen LogP) is 2.55. The van der Waals surface area contributed by atoms with Crippen LogP contribution >= 0.6 is 27.7 Å². The molecule has 0 aromatic heterocycles. The molecule has 1 fully saturated rings. The van der Waals surface area contributed by atoms with Crippen molar-refractivity contribution in [2.75, 3.05) is 18.8 Å². The van der Waals surface area contributed by atoms with E-state index in [0.717, 1.165) is 23.1 Å². The molecule has 3 nitrogen and oxygen atoms in total. The molecule has 5 heteroatoms. The molecule has 0 atom stereocenters. The molecule has 1 aliphatic rings. The van der Waals surface area contributed by atoms with E-state index in [1.807, 2.05) is 24.3 Å². The fourth-order valence-corrected chi connectivity index (χ4v) is 3.33.